The van der Waals surface area contributed by atoms with Crippen molar-refractivity contribution in [2.75, 3.05) is 13.2 Å². The lowest BCUT2D eigenvalue weighted by molar-refractivity contribution is -0.128. The minimum atomic E-state index is -0.499. The van der Waals surface area contributed by atoms with E-state index in [0.717, 1.165) is 22.6 Å². The molecule has 0 spiro atoms. The highest BCUT2D eigenvalue weighted by Gasteiger charge is 2.18. The van der Waals surface area contributed by atoms with Crippen LogP contribution in [0.3, 0.4) is 0 Å². The number of benzene rings is 2. The molecular formula is C21H27NO3. The maximum Gasteiger partial charge on any atom is 0.261 e. The fraction of sp³-hybridized carbons (Fsp3) is 0.381. The summed E-state index contributed by atoms with van der Waals surface area (Å²) in [6, 6.07) is 13.7. The standard InChI is InChI=1S/C21H27NO3/c1-5-20(25-19-10-9-16(3)17(4)14-19)21(23)22-11-12-24-18-8-6-7-15(2)13-18/h6-10,13-14,20H,5,11-12H2,1-4H3,(H,22,23). The molecule has 0 bridgehead atoms. The summed E-state index contributed by atoms with van der Waals surface area (Å²) in [5.41, 5.74) is 3.51. The molecule has 0 saturated carbocycles. The third-order valence-corrected chi connectivity index (χ3v) is 4.08. The molecule has 0 heterocycles. The number of hydrogen-bond donors (Lipinski definition) is 1. The van der Waals surface area contributed by atoms with Crippen LogP contribution < -0.4 is 14.8 Å². The number of rotatable bonds is 8. The first-order valence-corrected chi connectivity index (χ1v) is 8.70. The summed E-state index contributed by atoms with van der Waals surface area (Å²) < 4.78 is 11.5. The van der Waals surface area contributed by atoms with Crippen molar-refractivity contribution in [3.63, 3.8) is 0 Å². The topological polar surface area (TPSA) is 47.6 Å². The van der Waals surface area contributed by atoms with E-state index in [1.54, 1.807) is 0 Å². The molecule has 0 aliphatic heterocycles. The van der Waals surface area contributed by atoms with Crippen molar-refractivity contribution in [3.8, 4) is 11.5 Å². The molecule has 2 aromatic carbocycles. The highest BCUT2D eigenvalue weighted by atomic mass is 16.5. The second-order valence-corrected chi connectivity index (χ2v) is 6.22. The normalized spacial score (nSPS) is 11.7. The molecule has 0 fully saturated rings. The van der Waals surface area contributed by atoms with Gasteiger partial charge in [0.15, 0.2) is 6.10 Å². The SMILES string of the molecule is CCC(Oc1ccc(C)c(C)c1)C(=O)NCCOc1cccc(C)c1. The van der Waals surface area contributed by atoms with Crippen molar-refractivity contribution in [1.82, 2.24) is 5.32 Å². The largest absolute Gasteiger partial charge is 0.492 e. The van der Waals surface area contributed by atoms with Crippen molar-refractivity contribution in [2.24, 2.45) is 0 Å². The van der Waals surface area contributed by atoms with Gasteiger partial charge in [-0.3, -0.25) is 4.79 Å². The summed E-state index contributed by atoms with van der Waals surface area (Å²) >= 11 is 0. The van der Waals surface area contributed by atoms with Crippen LogP contribution in [0.2, 0.25) is 0 Å². The van der Waals surface area contributed by atoms with E-state index in [2.05, 4.69) is 12.2 Å². The number of ether oxygens (including phenoxy) is 2. The number of nitrogens with one attached hydrogen (secondary N) is 1. The third kappa shape index (κ3) is 5.82. The molecule has 0 aliphatic carbocycles. The van der Waals surface area contributed by atoms with Crippen LogP contribution >= 0.6 is 0 Å². The zero-order valence-corrected chi connectivity index (χ0v) is 15.5. The average molecular weight is 341 g/mol. The first-order valence-electron chi connectivity index (χ1n) is 8.70. The molecule has 134 valence electrons. The van der Waals surface area contributed by atoms with Gasteiger partial charge < -0.3 is 14.8 Å². The predicted octanol–water partition coefficient (Wildman–Crippen LogP) is 3.96. The Balaban J connectivity index is 1.80. The summed E-state index contributed by atoms with van der Waals surface area (Å²) in [4.78, 5) is 12.3. The number of amides is 1. The third-order valence-electron chi connectivity index (χ3n) is 4.08. The van der Waals surface area contributed by atoms with Crippen molar-refractivity contribution >= 4 is 5.91 Å². The van der Waals surface area contributed by atoms with Gasteiger partial charge in [-0.25, -0.2) is 0 Å². The molecule has 2 aromatic rings. The zero-order chi connectivity index (χ0) is 18.2. The Bertz CT molecular complexity index is 712. The summed E-state index contributed by atoms with van der Waals surface area (Å²) in [5.74, 6) is 1.42. The molecule has 0 radical (unpaired) electrons. The van der Waals surface area contributed by atoms with Gasteiger partial charge in [-0.15, -0.1) is 0 Å². The second kappa shape index (κ2) is 9.11. The fourth-order valence-electron chi connectivity index (χ4n) is 2.44. The minimum absolute atomic E-state index is 0.117. The van der Waals surface area contributed by atoms with Crippen molar-refractivity contribution < 1.29 is 14.3 Å². The molecule has 0 aromatic heterocycles. The maximum absolute atomic E-state index is 12.3. The van der Waals surface area contributed by atoms with Crippen LogP contribution in [0.1, 0.15) is 30.0 Å². The van der Waals surface area contributed by atoms with E-state index in [1.165, 1.54) is 5.56 Å². The second-order valence-electron chi connectivity index (χ2n) is 6.22. The quantitative estimate of drug-likeness (QED) is 0.739. The van der Waals surface area contributed by atoms with E-state index in [1.807, 2.05) is 63.2 Å². The van der Waals surface area contributed by atoms with E-state index < -0.39 is 6.10 Å². The number of carbonyl (C=O) groups is 1. The van der Waals surface area contributed by atoms with Crippen LogP contribution in [0, 0.1) is 20.8 Å². The van der Waals surface area contributed by atoms with Gasteiger partial charge in [0.1, 0.15) is 18.1 Å². The Morgan fingerprint density at radius 3 is 2.52 bits per heavy atom. The molecule has 1 atom stereocenters. The number of aryl methyl sites for hydroxylation is 3. The molecule has 0 saturated heterocycles. The van der Waals surface area contributed by atoms with Crippen LogP contribution in [0.4, 0.5) is 0 Å². The summed E-state index contributed by atoms with van der Waals surface area (Å²) in [6.07, 6.45) is 0.110. The van der Waals surface area contributed by atoms with E-state index >= 15 is 0 Å². The highest BCUT2D eigenvalue weighted by Crippen LogP contribution is 2.18. The van der Waals surface area contributed by atoms with Gasteiger partial charge in [-0.05, 0) is 68.1 Å². The lowest BCUT2D eigenvalue weighted by Gasteiger charge is -2.18. The average Bonchev–Trinajstić information content (AvgIpc) is 2.59. The van der Waals surface area contributed by atoms with E-state index in [-0.39, 0.29) is 5.91 Å². The van der Waals surface area contributed by atoms with Gasteiger partial charge in [-0.2, -0.15) is 0 Å². The van der Waals surface area contributed by atoms with E-state index in [4.69, 9.17) is 9.47 Å². The van der Waals surface area contributed by atoms with Crippen molar-refractivity contribution in [3.05, 3.63) is 59.2 Å². The van der Waals surface area contributed by atoms with Gasteiger partial charge in [-0.1, -0.05) is 25.1 Å². The Hall–Kier alpha value is -2.49. The lowest BCUT2D eigenvalue weighted by Crippen LogP contribution is -2.39. The van der Waals surface area contributed by atoms with E-state index in [9.17, 15) is 4.79 Å². The van der Waals surface area contributed by atoms with Crippen molar-refractivity contribution in [1.29, 1.82) is 0 Å². The molecule has 1 N–H and O–H groups in total. The van der Waals surface area contributed by atoms with E-state index in [0.29, 0.717) is 19.6 Å². The van der Waals surface area contributed by atoms with Gasteiger partial charge in [0.2, 0.25) is 0 Å². The Labute approximate surface area is 150 Å². The Morgan fingerprint density at radius 1 is 1.04 bits per heavy atom. The molecular weight excluding hydrogens is 314 g/mol. The minimum Gasteiger partial charge on any atom is -0.492 e. The van der Waals surface area contributed by atoms with Crippen LogP contribution in [0.25, 0.3) is 0 Å². The maximum atomic E-state index is 12.3. The lowest BCUT2D eigenvalue weighted by atomic mass is 10.1. The van der Waals surface area contributed by atoms with Crippen LogP contribution in [-0.2, 0) is 4.79 Å². The van der Waals surface area contributed by atoms with Crippen molar-refractivity contribution in [2.45, 2.75) is 40.2 Å². The summed E-state index contributed by atoms with van der Waals surface area (Å²) in [7, 11) is 0. The smallest absolute Gasteiger partial charge is 0.261 e. The monoisotopic (exact) mass is 341 g/mol. The van der Waals surface area contributed by atoms with Crippen LogP contribution in [0.5, 0.6) is 11.5 Å². The Morgan fingerprint density at radius 2 is 1.84 bits per heavy atom. The first-order chi connectivity index (χ1) is 12.0. The number of hydrogen-bond acceptors (Lipinski definition) is 3. The molecule has 0 aliphatic rings. The molecule has 4 heteroatoms. The molecule has 4 nitrogen and oxygen atoms in total. The number of carbonyl (C=O) groups excluding carboxylic acids is 1. The molecule has 25 heavy (non-hydrogen) atoms. The predicted molar refractivity (Wildman–Crippen MR) is 100 cm³/mol. The van der Waals surface area contributed by atoms with Gasteiger partial charge >= 0.3 is 0 Å². The summed E-state index contributed by atoms with van der Waals surface area (Å²) in [5, 5.41) is 2.88. The Kier molecular flexibility index (Phi) is 6.87. The zero-order valence-electron chi connectivity index (χ0n) is 15.5. The fourth-order valence-corrected chi connectivity index (χ4v) is 2.44. The van der Waals surface area contributed by atoms with Gasteiger partial charge in [0, 0.05) is 0 Å². The van der Waals surface area contributed by atoms with Crippen LogP contribution in [0.15, 0.2) is 42.5 Å². The van der Waals surface area contributed by atoms with Gasteiger partial charge in [0.05, 0.1) is 6.54 Å². The highest BCUT2D eigenvalue weighted by molar-refractivity contribution is 5.81. The van der Waals surface area contributed by atoms with Crippen LogP contribution in [-0.4, -0.2) is 25.2 Å². The summed E-state index contributed by atoms with van der Waals surface area (Å²) in [6.45, 7) is 8.91. The first kappa shape index (κ1) is 18.8. The molecule has 1 unspecified atom stereocenters. The van der Waals surface area contributed by atoms with Gasteiger partial charge in [0.25, 0.3) is 5.91 Å². The molecule has 2 rings (SSSR count). The molecule has 1 amide bonds.